The van der Waals surface area contributed by atoms with Crippen molar-refractivity contribution in [3.8, 4) is 0 Å². The number of hydrogen-bond donors (Lipinski definition) is 1. The van der Waals surface area contributed by atoms with E-state index in [1.165, 1.54) is 0 Å². The molecular formula is C10H12Br2ClNO2S. The smallest absolute Gasteiger partial charge is 0.211 e. The molecule has 0 aliphatic heterocycles. The molecule has 17 heavy (non-hydrogen) atoms. The van der Waals surface area contributed by atoms with Crippen LogP contribution in [-0.2, 0) is 10.0 Å². The van der Waals surface area contributed by atoms with E-state index in [0.29, 0.717) is 16.9 Å². The molecule has 96 valence electrons. The predicted octanol–water partition coefficient (Wildman–Crippen LogP) is 3.51. The summed E-state index contributed by atoms with van der Waals surface area (Å²) in [6.45, 7) is 0.397. The molecule has 1 aromatic rings. The van der Waals surface area contributed by atoms with E-state index in [2.05, 4.69) is 36.6 Å². The number of halogens is 3. The summed E-state index contributed by atoms with van der Waals surface area (Å²) in [5, 5.41) is 0. The number of unbranched alkanes of at least 4 members (excludes halogenated alkanes) is 1. The van der Waals surface area contributed by atoms with Gasteiger partial charge in [0.25, 0.3) is 0 Å². The molecule has 0 fully saturated rings. The molecule has 1 aromatic carbocycles. The molecule has 3 nitrogen and oxygen atoms in total. The van der Waals surface area contributed by atoms with Crippen LogP contribution in [0.25, 0.3) is 0 Å². The lowest BCUT2D eigenvalue weighted by Crippen LogP contribution is -2.25. The Morgan fingerprint density at radius 3 is 2.59 bits per heavy atom. The van der Waals surface area contributed by atoms with Crippen molar-refractivity contribution in [2.24, 2.45) is 0 Å². The predicted molar refractivity (Wildman–Crippen MR) is 77.0 cm³/mol. The molecule has 1 N–H and O–H groups in total. The first-order valence-electron chi connectivity index (χ1n) is 4.98. The highest BCUT2D eigenvalue weighted by Gasteiger charge is 2.17. The van der Waals surface area contributed by atoms with Crippen LogP contribution in [0.3, 0.4) is 0 Å². The first kappa shape index (κ1) is 15.4. The Morgan fingerprint density at radius 2 is 1.94 bits per heavy atom. The molecule has 7 heteroatoms. The average molecular weight is 406 g/mol. The molecule has 1 rings (SSSR count). The van der Waals surface area contributed by atoms with Crippen LogP contribution < -0.4 is 4.72 Å². The lowest BCUT2D eigenvalue weighted by molar-refractivity contribution is 0.578. The molecule has 0 spiro atoms. The van der Waals surface area contributed by atoms with Gasteiger partial charge in [0, 0.05) is 21.4 Å². The zero-order valence-corrected chi connectivity index (χ0v) is 13.7. The van der Waals surface area contributed by atoms with Gasteiger partial charge in [0.2, 0.25) is 10.0 Å². The van der Waals surface area contributed by atoms with Gasteiger partial charge in [-0.05, 0) is 47.0 Å². The van der Waals surface area contributed by atoms with Gasteiger partial charge in [0.05, 0.1) is 4.90 Å². The van der Waals surface area contributed by atoms with E-state index >= 15 is 0 Å². The van der Waals surface area contributed by atoms with E-state index in [9.17, 15) is 8.42 Å². The summed E-state index contributed by atoms with van der Waals surface area (Å²) in [7, 11) is -3.46. The van der Waals surface area contributed by atoms with Crippen LogP contribution in [-0.4, -0.2) is 20.8 Å². The van der Waals surface area contributed by atoms with Crippen LogP contribution in [0.1, 0.15) is 12.8 Å². The highest BCUT2D eigenvalue weighted by atomic mass is 79.9. The average Bonchev–Trinajstić information content (AvgIpc) is 2.28. The van der Waals surface area contributed by atoms with Gasteiger partial charge in [0.15, 0.2) is 0 Å². The maximum atomic E-state index is 12.0. The number of benzene rings is 1. The summed E-state index contributed by atoms with van der Waals surface area (Å²) >= 11 is 12.0. The summed E-state index contributed by atoms with van der Waals surface area (Å²) in [5.41, 5.74) is 0. The minimum atomic E-state index is -3.46. The Morgan fingerprint density at radius 1 is 1.24 bits per heavy atom. The minimum absolute atomic E-state index is 0.234. The zero-order chi connectivity index (χ0) is 12.9. The highest BCUT2D eigenvalue weighted by molar-refractivity contribution is 9.11. The van der Waals surface area contributed by atoms with E-state index in [-0.39, 0.29) is 4.90 Å². The third-order valence-corrected chi connectivity index (χ3v) is 5.25. The monoisotopic (exact) mass is 403 g/mol. The Balaban J connectivity index is 2.79. The van der Waals surface area contributed by atoms with Gasteiger partial charge >= 0.3 is 0 Å². The minimum Gasteiger partial charge on any atom is -0.211 e. The molecule has 0 aromatic heterocycles. The maximum absolute atomic E-state index is 12.0. The lowest BCUT2D eigenvalue weighted by atomic mass is 10.3. The summed E-state index contributed by atoms with van der Waals surface area (Å²) in [6.07, 6.45) is 1.53. The zero-order valence-electron chi connectivity index (χ0n) is 8.92. The number of hydrogen-bond acceptors (Lipinski definition) is 2. The van der Waals surface area contributed by atoms with Gasteiger partial charge in [-0.2, -0.15) is 0 Å². The molecule has 0 heterocycles. The van der Waals surface area contributed by atoms with Crippen molar-refractivity contribution < 1.29 is 8.42 Å². The quantitative estimate of drug-likeness (QED) is 0.582. The second-order valence-corrected chi connectivity index (χ2v) is 7.25. The normalized spacial score (nSPS) is 11.7. The molecule has 0 saturated carbocycles. The molecule has 0 atom stereocenters. The molecule has 0 saturated heterocycles. The van der Waals surface area contributed by atoms with Gasteiger partial charge in [-0.1, -0.05) is 15.9 Å². The van der Waals surface area contributed by atoms with Crippen LogP contribution in [0.4, 0.5) is 0 Å². The number of alkyl halides is 1. The summed E-state index contributed by atoms with van der Waals surface area (Å²) < 4.78 is 27.8. The summed E-state index contributed by atoms with van der Waals surface area (Å²) in [5.74, 6) is 0.544. The van der Waals surface area contributed by atoms with Crippen molar-refractivity contribution in [2.45, 2.75) is 17.7 Å². The third kappa shape index (κ3) is 4.87. The summed E-state index contributed by atoms with van der Waals surface area (Å²) in [6, 6.07) is 5.03. The van der Waals surface area contributed by atoms with E-state index in [1.54, 1.807) is 18.2 Å². The molecule has 0 bridgehead atoms. The SMILES string of the molecule is O=S(=O)(NCCCCCl)c1cc(Br)ccc1Br. The second-order valence-electron chi connectivity index (χ2n) is 3.37. The molecule has 0 amide bonds. The summed E-state index contributed by atoms with van der Waals surface area (Å²) in [4.78, 5) is 0.234. The largest absolute Gasteiger partial charge is 0.241 e. The van der Waals surface area contributed by atoms with Crippen molar-refractivity contribution >= 4 is 53.5 Å². The number of rotatable bonds is 6. The first-order chi connectivity index (χ1) is 7.97. The molecule has 0 aliphatic rings. The third-order valence-electron chi connectivity index (χ3n) is 2.04. The van der Waals surface area contributed by atoms with Crippen LogP contribution in [0.15, 0.2) is 32.0 Å². The van der Waals surface area contributed by atoms with E-state index in [0.717, 1.165) is 17.3 Å². The molecular weight excluding hydrogens is 393 g/mol. The van der Waals surface area contributed by atoms with Crippen molar-refractivity contribution in [3.63, 3.8) is 0 Å². The molecule has 0 aliphatic carbocycles. The van der Waals surface area contributed by atoms with E-state index < -0.39 is 10.0 Å². The van der Waals surface area contributed by atoms with Gasteiger partial charge in [0.1, 0.15) is 0 Å². The van der Waals surface area contributed by atoms with E-state index in [4.69, 9.17) is 11.6 Å². The van der Waals surface area contributed by atoms with Crippen LogP contribution in [0, 0.1) is 0 Å². The number of sulfonamides is 1. The Hall–Kier alpha value is 0.380. The molecule has 0 unspecified atom stereocenters. The van der Waals surface area contributed by atoms with Gasteiger partial charge in [-0.15, -0.1) is 11.6 Å². The molecule has 0 radical (unpaired) electrons. The second kappa shape index (κ2) is 7.09. The van der Waals surface area contributed by atoms with Gasteiger partial charge in [-0.25, -0.2) is 13.1 Å². The Kier molecular flexibility index (Phi) is 6.44. The topological polar surface area (TPSA) is 46.2 Å². The first-order valence-corrected chi connectivity index (χ1v) is 8.58. The van der Waals surface area contributed by atoms with Crippen molar-refractivity contribution in [1.29, 1.82) is 0 Å². The number of nitrogens with one attached hydrogen (secondary N) is 1. The standard InChI is InChI=1S/C10H12Br2ClNO2S/c11-8-3-4-9(12)10(7-8)17(15,16)14-6-2-1-5-13/h3-4,7,14H,1-2,5-6H2. The lowest BCUT2D eigenvalue weighted by Gasteiger charge is -2.08. The van der Waals surface area contributed by atoms with Crippen LogP contribution in [0.5, 0.6) is 0 Å². The van der Waals surface area contributed by atoms with Crippen LogP contribution >= 0.6 is 43.5 Å². The van der Waals surface area contributed by atoms with Gasteiger partial charge in [-0.3, -0.25) is 0 Å². The van der Waals surface area contributed by atoms with Crippen molar-refractivity contribution in [1.82, 2.24) is 4.72 Å². The maximum Gasteiger partial charge on any atom is 0.241 e. The van der Waals surface area contributed by atoms with E-state index in [1.807, 2.05) is 0 Å². The Labute approximate surface area is 123 Å². The van der Waals surface area contributed by atoms with Crippen molar-refractivity contribution in [2.75, 3.05) is 12.4 Å². The van der Waals surface area contributed by atoms with Crippen LogP contribution in [0.2, 0.25) is 0 Å². The fraction of sp³-hybridized carbons (Fsp3) is 0.400. The fourth-order valence-corrected chi connectivity index (χ4v) is 3.95. The fourth-order valence-electron chi connectivity index (χ4n) is 1.19. The Bertz CT molecular complexity index is 479. The van der Waals surface area contributed by atoms with Crippen molar-refractivity contribution in [3.05, 3.63) is 27.1 Å². The van der Waals surface area contributed by atoms with Gasteiger partial charge < -0.3 is 0 Å². The highest BCUT2D eigenvalue weighted by Crippen LogP contribution is 2.25.